The van der Waals surface area contributed by atoms with E-state index in [-0.39, 0.29) is 5.15 Å². The molecule has 0 amide bonds. The summed E-state index contributed by atoms with van der Waals surface area (Å²) in [6.45, 7) is 0. The molecule has 0 saturated heterocycles. The molecule has 0 spiro atoms. The molecular weight excluding hydrogens is 282 g/mol. The van der Waals surface area contributed by atoms with Gasteiger partial charge in [-0.1, -0.05) is 23.7 Å². The van der Waals surface area contributed by atoms with Crippen molar-refractivity contribution >= 4 is 28.7 Å². The van der Waals surface area contributed by atoms with Crippen molar-refractivity contribution in [3.05, 3.63) is 58.2 Å². The summed E-state index contributed by atoms with van der Waals surface area (Å²) in [6.07, 6.45) is 0.127. The standard InChI is InChI=1S/C13H8ClN3O3/c14-11-7-8(5-6-15-11)16-9-3-1-2-4-10(9)17(12(16)18)13(19)20/h1-7H,(H,19,20). The number of carboxylic acid groups (broad SMARTS) is 1. The van der Waals surface area contributed by atoms with Crippen LogP contribution in [0.5, 0.6) is 0 Å². The first-order valence-electron chi connectivity index (χ1n) is 5.67. The molecule has 0 aliphatic rings. The van der Waals surface area contributed by atoms with Gasteiger partial charge in [-0.2, -0.15) is 4.57 Å². The highest BCUT2D eigenvalue weighted by molar-refractivity contribution is 6.29. The van der Waals surface area contributed by atoms with Gasteiger partial charge in [-0.25, -0.2) is 14.6 Å². The van der Waals surface area contributed by atoms with Gasteiger partial charge in [-0.3, -0.25) is 4.57 Å². The first-order valence-corrected chi connectivity index (χ1v) is 6.05. The van der Waals surface area contributed by atoms with Crippen molar-refractivity contribution in [2.75, 3.05) is 0 Å². The number of aromatic nitrogens is 3. The molecule has 3 rings (SSSR count). The largest absolute Gasteiger partial charge is 0.464 e. The van der Waals surface area contributed by atoms with Gasteiger partial charge in [0.25, 0.3) is 0 Å². The molecule has 3 aromatic rings. The Bertz CT molecular complexity index is 882. The zero-order valence-corrected chi connectivity index (χ0v) is 10.8. The summed E-state index contributed by atoms with van der Waals surface area (Å²) in [7, 11) is 0. The van der Waals surface area contributed by atoms with Crippen LogP contribution < -0.4 is 5.69 Å². The quantitative estimate of drug-likeness (QED) is 0.698. The van der Waals surface area contributed by atoms with Gasteiger partial charge in [-0.15, -0.1) is 0 Å². The number of hydrogen-bond donors (Lipinski definition) is 1. The first-order chi connectivity index (χ1) is 9.59. The smallest absolute Gasteiger partial charge is 0.420 e. The van der Waals surface area contributed by atoms with E-state index >= 15 is 0 Å². The average Bonchev–Trinajstić information content (AvgIpc) is 2.70. The number of halogens is 1. The zero-order chi connectivity index (χ0) is 14.3. The fourth-order valence-electron chi connectivity index (χ4n) is 2.11. The molecule has 100 valence electrons. The summed E-state index contributed by atoms with van der Waals surface area (Å²) >= 11 is 5.82. The van der Waals surface area contributed by atoms with Crippen LogP contribution in [0.1, 0.15) is 0 Å². The van der Waals surface area contributed by atoms with E-state index in [9.17, 15) is 14.7 Å². The second-order valence-corrected chi connectivity index (χ2v) is 4.45. The van der Waals surface area contributed by atoms with Gasteiger partial charge >= 0.3 is 11.8 Å². The van der Waals surface area contributed by atoms with Crippen molar-refractivity contribution in [1.29, 1.82) is 0 Å². The van der Waals surface area contributed by atoms with Crippen molar-refractivity contribution in [1.82, 2.24) is 14.1 Å². The van der Waals surface area contributed by atoms with Crippen LogP contribution in [0.2, 0.25) is 5.15 Å². The van der Waals surface area contributed by atoms with Crippen LogP contribution in [0.25, 0.3) is 16.7 Å². The van der Waals surface area contributed by atoms with E-state index in [1.807, 2.05) is 0 Å². The summed E-state index contributed by atoms with van der Waals surface area (Å²) in [5.74, 6) is 0. The Morgan fingerprint density at radius 1 is 1.20 bits per heavy atom. The summed E-state index contributed by atoms with van der Waals surface area (Å²) in [5.41, 5.74) is 0.604. The molecule has 0 fully saturated rings. The fraction of sp³-hybridized carbons (Fsp3) is 0. The van der Waals surface area contributed by atoms with E-state index in [1.165, 1.54) is 16.8 Å². The van der Waals surface area contributed by atoms with E-state index < -0.39 is 11.8 Å². The topological polar surface area (TPSA) is 77.1 Å². The van der Waals surface area contributed by atoms with Gasteiger partial charge < -0.3 is 5.11 Å². The maximum absolute atomic E-state index is 12.3. The minimum absolute atomic E-state index is 0.224. The molecule has 2 aromatic heterocycles. The summed E-state index contributed by atoms with van der Waals surface area (Å²) in [6, 6.07) is 9.74. The summed E-state index contributed by atoms with van der Waals surface area (Å²) in [5, 5.41) is 9.41. The molecule has 1 aromatic carbocycles. The van der Waals surface area contributed by atoms with Crippen molar-refractivity contribution in [3.63, 3.8) is 0 Å². The Hall–Kier alpha value is -2.60. The molecule has 0 atom stereocenters. The molecule has 0 aliphatic carbocycles. The number of nitrogens with zero attached hydrogens (tertiary/aromatic N) is 3. The summed E-state index contributed by atoms with van der Waals surface area (Å²) in [4.78, 5) is 27.4. The number of para-hydroxylation sites is 2. The Morgan fingerprint density at radius 3 is 2.55 bits per heavy atom. The fourth-order valence-corrected chi connectivity index (χ4v) is 2.28. The van der Waals surface area contributed by atoms with Gasteiger partial charge in [0.05, 0.1) is 16.7 Å². The number of pyridine rings is 1. The van der Waals surface area contributed by atoms with E-state index in [2.05, 4.69) is 4.98 Å². The van der Waals surface area contributed by atoms with Crippen LogP contribution >= 0.6 is 11.6 Å². The number of imidazole rings is 1. The SMILES string of the molecule is O=C(O)n1c(=O)n(-c2ccnc(Cl)c2)c2ccccc21. The monoisotopic (exact) mass is 289 g/mol. The van der Waals surface area contributed by atoms with Crippen LogP contribution in [0.15, 0.2) is 47.4 Å². The molecule has 7 heteroatoms. The maximum Gasteiger partial charge on any atom is 0.420 e. The number of carbonyl (C=O) groups is 1. The highest BCUT2D eigenvalue weighted by Crippen LogP contribution is 2.18. The molecule has 0 bridgehead atoms. The number of rotatable bonds is 1. The molecular formula is C13H8ClN3O3. The summed E-state index contributed by atoms with van der Waals surface area (Å²) < 4.78 is 1.99. The molecule has 0 unspecified atom stereocenters. The lowest BCUT2D eigenvalue weighted by Crippen LogP contribution is -2.27. The number of benzene rings is 1. The average molecular weight is 290 g/mol. The lowest BCUT2D eigenvalue weighted by atomic mass is 10.3. The Balaban J connectivity index is 2.45. The maximum atomic E-state index is 12.3. The molecule has 1 N–H and O–H groups in total. The lowest BCUT2D eigenvalue weighted by Gasteiger charge is -2.02. The van der Waals surface area contributed by atoms with E-state index in [0.29, 0.717) is 21.3 Å². The normalized spacial score (nSPS) is 10.8. The highest BCUT2D eigenvalue weighted by Gasteiger charge is 2.18. The second kappa shape index (κ2) is 4.50. The Morgan fingerprint density at radius 2 is 1.90 bits per heavy atom. The number of hydrogen-bond acceptors (Lipinski definition) is 3. The first kappa shape index (κ1) is 12.4. The van der Waals surface area contributed by atoms with Crippen molar-refractivity contribution in [2.45, 2.75) is 0 Å². The van der Waals surface area contributed by atoms with Crippen molar-refractivity contribution in [3.8, 4) is 5.69 Å². The third-order valence-electron chi connectivity index (χ3n) is 2.91. The van der Waals surface area contributed by atoms with Crippen LogP contribution in [0.3, 0.4) is 0 Å². The van der Waals surface area contributed by atoms with Gasteiger partial charge in [0, 0.05) is 6.20 Å². The Kier molecular flexibility index (Phi) is 2.80. The lowest BCUT2D eigenvalue weighted by molar-refractivity contribution is 0.196. The Labute approximate surface area is 117 Å². The highest BCUT2D eigenvalue weighted by atomic mass is 35.5. The van der Waals surface area contributed by atoms with E-state index in [0.717, 1.165) is 0 Å². The predicted molar refractivity (Wildman–Crippen MR) is 73.8 cm³/mol. The van der Waals surface area contributed by atoms with E-state index in [1.54, 1.807) is 30.3 Å². The zero-order valence-electron chi connectivity index (χ0n) is 10.0. The van der Waals surface area contributed by atoms with Crippen LogP contribution in [-0.4, -0.2) is 25.3 Å². The molecule has 0 saturated carbocycles. The third kappa shape index (κ3) is 1.78. The minimum atomic E-state index is -1.33. The molecule has 20 heavy (non-hydrogen) atoms. The van der Waals surface area contributed by atoms with Gasteiger partial charge in [-0.05, 0) is 24.3 Å². The van der Waals surface area contributed by atoms with Crippen LogP contribution in [0, 0.1) is 0 Å². The van der Waals surface area contributed by atoms with Gasteiger partial charge in [0.1, 0.15) is 5.15 Å². The van der Waals surface area contributed by atoms with Crippen LogP contribution in [0.4, 0.5) is 4.79 Å². The van der Waals surface area contributed by atoms with E-state index in [4.69, 9.17) is 11.6 Å². The molecule has 0 aliphatic heterocycles. The van der Waals surface area contributed by atoms with Crippen molar-refractivity contribution < 1.29 is 9.90 Å². The molecule has 6 nitrogen and oxygen atoms in total. The van der Waals surface area contributed by atoms with Gasteiger partial charge in [0.2, 0.25) is 0 Å². The van der Waals surface area contributed by atoms with Crippen molar-refractivity contribution in [2.24, 2.45) is 0 Å². The second-order valence-electron chi connectivity index (χ2n) is 4.06. The molecule has 0 radical (unpaired) electrons. The minimum Gasteiger partial charge on any atom is -0.464 e. The predicted octanol–water partition coefficient (Wildman–Crippen LogP) is 2.37. The van der Waals surface area contributed by atoms with Crippen LogP contribution in [-0.2, 0) is 0 Å². The molecule has 2 heterocycles. The third-order valence-corrected chi connectivity index (χ3v) is 3.11. The number of fused-ring (bicyclic) bond motifs is 1. The van der Waals surface area contributed by atoms with Gasteiger partial charge in [0.15, 0.2) is 0 Å².